The number of allylic oxidation sites excluding steroid dienone is 4. The second-order valence-corrected chi connectivity index (χ2v) is 32.5. The second-order valence-electron chi connectivity index (χ2n) is 31.7. The van der Waals surface area contributed by atoms with E-state index in [0.29, 0.717) is 37.5 Å². The summed E-state index contributed by atoms with van der Waals surface area (Å²) in [5.74, 6) is -1.11. The van der Waals surface area contributed by atoms with Crippen LogP contribution in [-0.4, -0.2) is 89.3 Å². The number of aliphatic hydroxyl groups excluding tert-OH is 2. The number of aliphatic hydroxyl groups is 2. The lowest BCUT2D eigenvalue weighted by Gasteiger charge is -2.71. The Morgan fingerprint density at radius 2 is 0.866 bits per heavy atom. The van der Waals surface area contributed by atoms with Crippen molar-refractivity contribution < 1.29 is 40.4 Å². The number of rotatable bonds is 6. The van der Waals surface area contributed by atoms with E-state index in [0.717, 1.165) is 103 Å². The maximum atomic E-state index is 13.2. The fourth-order valence-electron chi connectivity index (χ4n) is 22.0. The molecule has 0 aromatic carbocycles. The number of nitrogens with one attached hydrogen (secondary N) is 4. The van der Waals surface area contributed by atoms with Crippen LogP contribution in [0.3, 0.4) is 0 Å². The molecule has 18 heteroatoms. The number of aliphatic carboxylic acids is 2. The van der Waals surface area contributed by atoms with Gasteiger partial charge in [0.15, 0.2) is 11.7 Å². The fraction of sp³-hybridized carbons (Fsp3) is 0.812. The number of thiocarbonyl (C=S) groups is 2. The lowest BCUT2D eigenvalue weighted by Crippen LogP contribution is -2.65. The van der Waals surface area contributed by atoms with Gasteiger partial charge in [-0.05, 0) is 232 Å². The fourth-order valence-corrected chi connectivity index (χ4v) is 22.3. The molecular formula is C64H98N8O8S2. The third-order valence-corrected chi connectivity index (χ3v) is 27.7. The maximum Gasteiger partial charge on any atom is 0.310 e. The monoisotopic (exact) mass is 1170 g/mol. The zero-order valence-corrected chi connectivity index (χ0v) is 52.8. The molecule has 82 heavy (non-hydrogen) atoms. The predicted octanol–water partition coefficient (Wildman–Crippen LogP) is 11.9. The van der Waals surface area contributed by atoms with Crippen LogP contribution in [-0.2, 0) is 9.59 Å². The number of hydroxylamine groups is 2. The highest BCUT2D eigenvalue weighted by atomic mass is 32.1. The van der Waals surface area contributed by atoms with E-state index in [1.165, 1.54) is 11.1 Å². The molecule has 0 saturated heterocycles. The minimum Gasteiger partial charge on any atom is -0.481 e. The van der Waals surface area contributed by atoms with Crippen molar-refractivity contribution in [1.29, 1.82) is 0 Å². The normalized spacial score (nSPS) is 47.5. The van der Waals surface area contributed by atoms with Crippen LogP contribution in [0.2, 0.25) is 0 Å². The number of hydrazone groups is 2. The maximum absolute atomic E-state index is 13.2. The summed E-state index contributed by atoms with van der Waals surface area (Å²) in [7, 11) is 0. The van der Waals surface area contributed by atoms with Gasteiger partial charge in [0.2, 0.25) is 10.2 Å². The summed E-state index contributed by atoms with van der Waals surface area (Å²) in [5, 5.41) is 74.7. The molecule has 8 fully saturated rings. The van der Waals surface area contributed by atoms with E-state index in [-0.39, 0.29) is 88.9 Å². The minimum absolute atomic E-state index is 0.0323. The third-order valence-electron chi connectivity index (χ3n) is 27.4. The molecule has 16 nitrogen and oxygen atoms in total. The topological polar surface area (TPSA) is 253 Å². The first-order valence-electron chi connectivity index (χ1n) is 31.1. The highest BCUT2D eigenvalue weighted by molar-refractivity contribution is 7.80. The number of hydrogen-bond donors (Lipinski definition) is 10. The summed E-state index contributed by atoms with van der Waals surface area (Å²) in [6.07, 6.45) is 23.8. The van der Waals surface area contributed by atoms with Crippen molar-refractivity contribution in [2.45, 2.75) is 224 Å². The highest BCUT2D eigenvalue weighted by Crippen LogP contribution is 2.78. The SMILES string of the molecule is CC1(C)CC[C@]2(C(=O)O)CC[C@]3(C)C(=CC[C@@H]4[C@@]5(C)CC[C@H](O)[C@@](C)(/C=N\NC(=S)/N=C(NO)/C(=N/C(=S)N/N=C/[C@]6(C)[C@@H](O)CC[C@]7(C)[C@H]8CC=C9C%10CC(C)(C)CC[C@]%10(C(=O)O)CC[C@@]9(C)[C@]8(C)CC[C@@H]67)NO)[C@@H]5CC[C@]43C)C2C1. The van der Waals surface area contributed by atoms with Crippen molar-refractivity contribution in [1.82, 2.24) is 21.8 Å². The summed E-state index contributed by atoms with van der Waals surface area (Å²) in [6, 6.07) is 0. The van der Waals surface area contributed by atoms with E-state index in [4.69, 9.17) is 24.4 Å². The van der Waals surface area contributed by atoms with Gasteiger partial charge in [0.05, 0.1) is 23.0 Å². The quantitative estimate of drug-likeness (QED) is 0.0391. The Morgan fingerprint density at radius 3 is 1.21 bits per heavy atom. The number of aliphatic imine (C=N–C) groups is 2. The Balaban J connectivity index is 0.810. The van der Waals surface area contributed by atoms with Crippen LogP contribution < -0.4 is 21.8 Å². The third kappa shape index (κ3) is 8.92. The predicted molar refractivity (Wildman–Crippen MR) is 327 cm³/mol. The molecular weight excluding hydrogens is 1070 g/mol. The van der Waals surface area contributed by atoms with Gasteiger partial charge < -0.3 is 20.4 Å². The highest BCUT2D eigenvalue weighted by Gasteiger charge is 2.72. The molecule has 10 aliphatic carbocycles. The zero-order chi connectivity index (χ0) is 59.9. The Bertz CT molecular complexity index is 2650. The number of fused-ring (bicyclic) bond motifs is 14. The Kier molecular flexibility index (Phi) is 15.3. The average Bonchev–Trinajstić information content (AvgIpc) is 0.908. The number of hydrogen-bond acceptors (Lipinski definition) is 10. The van der Waals surface area contributed by atoms with Gasteiger partial charge >= 0.3 is 11.9 Å². The molecule has 0 radical (unpaired) electrons. The molecule has 0 spiro atoms. The Morgan fingerprint density at radius 1 is 0.512 bits per heavy atom. The minimum atomic E-state index is -0.725. The van der Waals surface area contributed by atoms with Crippen LogP contribution in [0.4, 0.5) is 0 Å². The first-order chi connectivity index (χ1) is 38.2. The lowest BCUT2D eigenvalue weighted by atomic mass is 9.33. The largest absolute Gasteiger partial charge is 0.481 e. The first kappa shape index (κ1) is 61.4. The second kappa shape index (κ2) is 20.5. The summed E-state index contributed by atoms with van der Waals surface area (Å²) in [6.45, 7) is 28.0. The summed E-state index contributed by atoms with van der Waals surface area (Å²) in [5.41, 5.74) is 8.94. The van der Waals surface area contributed by atoms with Crippen LogP contribution in [0.25, 0.3) is 0 Å². The molecule has 18 atom stereocenters. The molecule has 0 amide bonds. The van der Waals surface area contributed by atoms with E-state index in [2.05, 4.69) is 126 Å². The number of carboxylic acid groups (broad SMARTS) is 2. The van der Waals surface area contributed by atoms with Crippen LogP contribution in [0.5, 0.6) is 0 Å². The molecule has 0 heterocycles. The Hall–Kier alpha value is -3.68. The molecule has 454 valence electrons. The molecule has 10 N–H and O–H groups in total. The van der Waals surface area contributed by atoms with Gasteiger partial charge in [0, 0.05) is 23.3 Å². The summed E-state index contributed by atoms with van der Waals surface area (Å²) < 4.78 is 0. The van der Waals surface area contributed by atoms with E-state index in [1.54, 1.807) is 12.4 Å². The van der Waals surface area contributed by atoms with Crippen molar-refractivity contribution in [3.05, 3.63) is 23.3 Å². The van der Waals surface area contributed by atoms with Crippen molar-refractivity contribution in [2.75, 3.05) is 0 Å². The molecule has 8 saturated carbocycles. The van der Waals surface area contributed by atoms with E-state index in [9.17, 15) is 40.4 Å². The van der Waals surface area contributed by atoms with E-state index >= 15 is 0 Å². The molecule has 0 bridgehead atoms. The number of carbonyl (C=O) groups is 2. The van der Waals surface area contributed by atoms with Gasteiger partial charge in [-0.25, -0.2) is 11.0 Å². The van der Waals surface area contributed by atoms with Gasteiger partial charge in [0.1, 0.15) is 0 Å². The van der Waals surface area contributed by atoms with Crippen LogP contribution >= 0.6 is 24.4 Å². The van der Waals surface area contributed by atoms with Gasteiger partial charge in [-0.2, -0.15) is 20.2 Å². The molecule has 10 rings (SSSR count). The number of amidine groups is 2. The number of carboxylic acids is 2. The Labute approximate surface area is 498 Å². The average molecular weight is 1170 g/mol. The van der Waals surface area contributed by atoms with Crippen molar-refractivity contribution in [3.8, 4) is 0 Å². The van der Waals surface area contributed by atoms with Crippen molar-refractivity contribution in [2.24, 2.45) is 121 Å². The first-order valence-corrected chi connectivity index (χ1v) is 31.9. The van der Waals surface area contributed by atoms with Crippen LogP contribution in [0.15, 0.2) is 43.5 Å². The van der Waals surface area contributed by atoms with Crippen molar-refractivity contribution in [3.63, 3.8) is 0 Å². The zero-order valence-electron chi connectivity index (χ0n) is 51.2. The smallest absolute Gasteiger partial charge is 0.310 e. The van der Waals surface area contributed by atoms with Crippen molar-refractivity contribution >= 4 is 70.7 Å². The standard InChI is InChI=1S/C64H98N8O8S2/c1-53(2)25-29-63(49(75)76)31-27-59(9)37(39(63)33-53)13-15-43-55(5)21-19-45(73)57(7,41(55)17-23-61(43,59)11)35-65-69-51(81)67-47(71-79)48(72-80)68-52(82)70-66-36-58(8)42-18-24-62(12)44(56(42,6)22-20-46(58)74)16-14-38-40-34-54(3,4)26-30-64(40,50(77)78)32-28-60(38,62)10/h13-14,35-36,39-46,73-74,79-80H,15-34H2,1-12H3,(H,75,76)(H,77,78)(H2,67,69,71,81)(H2,68,70,72,82)/b65-35-,66-36+/t39?,40?,41-,42-,43-,44-,45+,46+,55+,56+,57+,58+,59-,60-,61-,62-,63+,64+/m1/s1. The molecule has 2 unspecified atom stereocenters. The lowest BCUT2D eigenvalue weighted by molar-refractivity contribution is -0.195. The molecule has 0 aromatic heterocycles. The van der Waals surface area contributed by atoms with Crippen LogP contribution in [0, 0.1) is 100 Å². The van der Waals surface area contributed by atoms with E-state index in [1.807, 2.05) is 11.0 Å². The van der Waals surface area contributed by atoms with Gasteiger partial charge in [-0.1, -0.05) is 106 Å². The summed E-state index contributed by atoms with van der Waals surface area (Å²) in [4.78, 5) is 34.8. The van der Waals surface area contributed by atoms with E-state index < -0.39 is 45.8 Å². The summed E-state index contributed by atoms with van der Waals surface area (Å²) >= 11 is 11.1. The number of nitrogens with zero attached hydrogens (tertiary/aromatic N) is 4. The molecule has 10 aliphatic rings. The molecule has 0 aromatic rings. The van der Waals surface area contributed by atoms with Gasteiger partial charge in [0.25, 0.3) is 0 Å². The molecule has 0 aliphatic heterocycles. The van der Waals surface area contributed by atoms with Gasteiger partial charge in [-0.3, -0.25) is 30.9 Å². The van der Waals surface area contributed by atoms with Crippen LogP contribution in [0.1, 0.15) is 212 Å². The van der Waals surface area contributed by atoms with Gasteiger partial charge in [-0.15, -0.1) is 0 Å².